The van der Waals surface area contributed by atoms with E-state index in [0.29, 0.717) is 12.4 Å². The first-order chi connectivity index (χ1) is 7.72. The molecule has 0 aliphatic carbocycles. The highest BCUT2D eigenvalue weighted by Gasteiger charge is 2.21. The molecule has 1 aliphatic heterocycles. The van der Waals surface area contributed by atoms with Gasteiger partial charge in [0.25, 0.3) is 0 Å². The summed E-state index contributed by atoms with van der Waals surface area (Å²) in [5.41, 5.74) is 2.02. The summed E-state index contributed by atoms with van der Waals surface area (Å²) in [5, 5.41) is 14.1. The van der Waals surface area contributed by atoms with Crippen LogP contribution in [0.4, 0.5) is 11.4 Å². The number of hydrogen-bond donors (Lipinski definition) is 1. The summed E-state index contributed by atoms with van der Waals surface area (Å²) >= 11 is 0. The third kappa shape index (κ3) is 1.93. The number of ether oxygens (including phenoxy) is 1. The molecule has 16 heavy (non-hydrogen) atoms. The molecule has 0 aromatic heterocycles. The average Bonchev–Trinajstić information content (AvgIpc) is 2.71. The molecule has 1 aromatic rings. The van der Waals surface area contributed by atoms with Crippen molar-refractivity contribution in [1.82, 2.24) is 0 Å². The van der Waals surface area contributed by atoms with Gasteiger partial charge in [-0.15, -0.1) is 0 Å². The summed E-state index contributed by atoms with van der Waals surface area (Å²) in [4.78, 5) is 10.5. The average molecular weight is 222 g/mol. The van der Waals surface area contributed by atoms with E-state index in [-0.39, 0.29) is 10.6 Å². The number of nitro groups is 1. The minimum atomic E-state index is -0.385. The van der Waals surface area contributed by atoms with E-state index in [4.69, 9.17) is 4.74 Å². The van der Waals surface area contributed by atoms with E-state index in [9.17, 15) is 10.1 Å². The molecule has 1 aliphatic rings. The zero-order valence-corrected chi connectivity index (χ0v) is 9.16. The molecule has 0 saturated heterocycles. The molecule has 0 fully saturated rings. The lowest BCUT2D eigenvalue weighted by molar-refractivity contribution is -0.385. The van der Waals surface area contributed by atoms with Crippen LogP contribution in [-0.2, 0) is 6.42 Å². The summed E-state index contributed by atoms with van der Waals surface area (Å²) in [5.74, 6) is 0.361. The Morgan fingerprint density at radius 1 is 1.56 bits per heavy atom. The lowest BCUT2D eigenvalue weighted by atomic mass is 10.1. The second-order valence-corrected chi connectivity index (χ2v) is 3.76. The van der Waals surface area contributed by atoms with Gasteiger partial charge in [0, 0.05) is 24.4 Å². The van der Waals surface area contributed by atoms with Crippen LogP contribution in [0.25, 0.3) is 0 Å². The number of nitrogens with one attached hydrogen (secondary N) is 1. The zero-order valence-electron chi connectivity index (χ0n) is 9.16. The number of benzene rings is 1. The fraction of sp³-hybridized carbons (Fsp3) is 0.455. The highest BCUT2D eigenvalue weighted by Crippen LogP contribution is 2.35. The summed E-state index contributed by atoms with van der Waals surface area (Å²) in [6, 6.07) is 3.34. The van der Waals surface area contributed by atoms with Crippen molar-refractivity contribution in [1.29, 1.82) is 0 Å². The first-order valence-electron chi connectivity index (χ1n) is 5.40. The van der Waals surface area contributed by atoms with Crippen LogP contribution in [0.3, 0.4) is 0 Å². The van der Waals surface area contributed by atoms with Gasteiger partial charge < -0.3 is 10.1 Å². The van der Waals surface area contributed by atoms with Crippen molar-refractivity contribution in [3.63, 3.8) is 0 Å². The zero-order chi connectivity index (χ0) is 11.5. The Kier molecular flexibility index (Phi) is 2.94. The normalized spacial score (nSPS) is 13.1. The van der Waals surface area contributed by atoms with Crippen LogP contribution in [-0.4, -0.2) is 18.1 Å². The van der Waals surface area contributed by atoms with Gasteiger partial charge in [0.15, 0.2) is 5.75 Å². The number of nitro benzene ring substituents is 1. The van der Waals surface area contributed by atoms with E-state index in [2.05, 4.69) is 5.32 Å². The Morgan fingerprint density at radius 2 is 2.38 bits per heavy atom. The number of anilines is 1. The van der Waals surface area contributed by atoms with Gasteiger partial charge in [-0.25, -0.2) is 0 Å². The third-order valence-electron chi connectivity index (χ3n) is 2.55. The van der Waals surface area contributed by atoms with Crippen molar-refractivity contribution in [3.05, 3.63) is 27.8 Å². The smallest absolute Gasteiger partial charge is 0.311 e. The molecule has 0 radical (unpaired) electrons. The Hall–Kier alpha value is -1.78. The Labute approximate surface area is 93.6 Å². The minimum absolute atomic E-state index is 0.0656. The molecule has 86 valence electrons. The SMILES string of the molecule is CCCOc1cc2c(cc1[N+](=O)[O-])CCN2. The van der Waals surface area contributed by atoms with Crippen LogP contribution < -0.4 is 10.1 Å². The topological polar surface area (TPSA) is 64.4 Å². The molecule has 0 atom stereocenters. The van der Waals surface area contributed by atoms with Crippen LogP contribution in [0, 0.1) is 10.1 Å². The molecule has 2 rings (SSSR count). The molecular formula is C11H14N2O3. The first-order valence-corrected chi connectivity index (χ1v) is 5.40. The predicted octanol–water partition coefficient (Wildman–Crippen LogP) is 2.35. The Morgan fingerprint density at radius 3 is 3.06 bits per heavy atom. The Balaban J connectivity index is 2.36. The van der Waals surface area contributed by atoms with Crippen LogP contribution >= 0.6 is 0 Å². The summed E-state index contributed by atoms with van der Waals surface area (Å²) < 4.78 is 5.39. The number of nitrogens with zero attached hydrogens (tertiary/aromatic N) is 1. The van der Waals surface area contributed by atoms with Crippen molar-refractivity contribution >= 4 is 11.4 Å². The number of fused-ring (bicyclic) bond motifs is 1. The maximum Gasteiger partial charge on any atom is 0.311 e. The van der Waals surface area contributed by atoms with Crippen molar-refractivity contribution in [3.8, 4) is 5.75 Å². The van der Waals surface area contributed by atoms with E-state index in [1.807, 2.05) is 6.92 Å². The predicted molar refractivity (Wildman–Crippen MR) is 61.1 cm³/mol. The quantitative estimate of drug-likeness (QED) is 0.627. The lowest BCUT2D eigenvalue weighted by Crippen LogP contribution is -2.00. The highest BCUT2D eigenvalue weighted by atomic mass is 16.6. The molecule has 1 N–H and O–H groups in total. The molecule has 5 nitrogen and oxygen atoms in total. The first kappa shape index (κ1) is 10.7. The highest BCUT2D eigenvalue weighted by molar-refractivity contribution is 5.65. The molecular weight excluding hydrogens is 208 g/mol. The fourth-order valence-corrected chi connectivity index (χ4v) is 1.79. The van der Waals surface area contributed by atoms with E-state index in [1.165, 1.54) is 0 Å². The molecule has 0 bridgehead atoms. The van der Waals surface area contributed by atoms with Crippen molar-refractivity contribution in [2.75, 3.05) is 18.5 Å². The van der Waals surface area contributed by atoms with Gasteiger partial charge >= 0.3 is 5.69 Å². The van der Waals surface area contributed by atoms with Gasteiger partial charge in [0.05, 0.1) is 11.5 Å². The van der Waals surface area contributed by atoms with E-state index in [0.717, 1.165) is 30.6 Å². The Bertz CT molecular complexity index is 418. The van der Waals surface area contributed by atoms with Gasteiger partial charge in [0.2, 0.25) is 0 Å². The van der Waals surface area contributed by atoms with E-state index < -0.39 is 0 Å². The second-order valence-electron chi connectivity index (χ2n) is 3.76. The van der Waals surface area contributed by atoms with Gasteiger partial charge in [-0.1, -0.05) is 6.92 Å². The van der Waals surface area contributed by atoms with Crippen LogP contribution in [0.5, 0.6) is 5.75 Å². The van der Waals surface area contributed by atoms with Gasteiger partial charge in [-0.3, -0.25) is 10.1 Å². The summed E-state index contributed by atoms with van der Waals surface area (Å²) in [6.45, 7) is 3.31. The van der Waals surface area contributed by atoms with Crippen molar-refractivity contribution in [2.45, 2.75) is 19.8 Å². The monoisotopic (exact) mass is 222 g/mol. The molecule has 1 aromatic carbocycles. The fourth-order valence-electron chi connectivity index (χ4n) is 1.79. The van der Waals surface area contributed by atoms with Crippen molar-refractivity contribution < 1.29 is 9.66 Å². The molecule has 0 amide bonds. The number of rotatable bonds is 4. The van der Waals surface area contributed by atoms with Gasteiger partial charge in [0.1, 0.15) is 0 Å². The summed E-state index contributed by atoms with van der Waals surface area (Å²) in [7, 11) is 0. The standard InChI is InChI=1S/C11H14N2O3/c1-2-5-16-11-7-9-8(3-4-12-9)6-10(11)13(14)15/h6-7,12H,2-5H2,1H3. The van der Waals surface area contributed by atoms with E-state index in [1.54, 1.807) is 12.1 Å². The third-order valence-corrected chi connectivity index (χ3v) is 2.55. The van der Waals surface area contributed by atoms with Crippen LogP contribution in [0.2, 0.25) is 0 Å². The minimum Gasteiger partial charge on any atom is -0.487 e. The molecule has 0 unspecified atom stereocenters. The maximum absolute atomic E-state index is 10.9. The lowest BCUT2D eigenvalue weighted by Gasteiger charge is -2.07. The largest absolute Gasteiger partial charge is 0.487 e. The van der Waals surface area contributed by atoms with Crippen LogP contribution in [0.1, 0.15) is 18.9 Å². The summed E-state index contributed by atoms with van der Waals surface area (Å²) in [6.07, 6.45) is 1.67. The molecule has 0 spiro atoms. The van der Waals surface area contributed by atoms with Gasteiger partial charge in [-0.2, -0.15) is 0 Å². The second kappa shape index (κ2) is 4.38. The molecule has 1 heterocycles. The van der Waals surface area contributed by atoms with Crippen molar-refractivity contribution in [2.24, 2.45) is 0 Å². The van der Waals surface area contributed by atoms with Crippen LogP contribution in [0.15, 0.2) is 12.1 Å². The molecule has 5 heteroatoms. The maximum atomic E-state index is 10.9. The number of hydrogen-bond acceptors (Lipinski definition) is 4. The van der Waals surface area contributed by atoms with Gasteiger partial charge in [-0.05, 0) is 18.4 Å². The van der Waals surface area contributed by atoms with E-state index >= 15 is 0 Å². The molecule has 0 saturated carbocycles.